The predicted octanol–water partition coefficient (Wildman–Crippen LogP) is 0.483. The van der Waals surface area contributed by atoms with Crippen LogP contribution in [0, 0.1) is 0 Å². The molecule has 0 bridgehead atoms. The van der Waals surface area contributed by atoms with E-state index in [-0.39, 0.29) is 5.56 Å². The van der Waals surface area contributed by atoms with Crippen LogP contribution in [-0.2, 0) is 11.8 Å². The van der Waals surface area contributed by atoms with Crippen molar-refractivity contribution >= 4 is 12.0 Å². The Morgan fingerprint density at radius 1 is 1.62 bits per heavy atom. The van der Waals surface area contributed by atoms with Crippen molar-refractivity contribution in [3.8, 4) is 0 Å². The van der Waals surface area contributed by atoms with Crippen LogP contribution in [0.4, 0.5) is 0 Å². The van der Waals surface area contributed by atoms with Crippen molar-refractivity contribution in [2.45, 2.75) is 0 Å². The second-order valence-corrected chi connectivity index (χ2v) is 2.55. The number of pyridine rings is 1. The van der Waals surface area contributed by atoms with Gasteiger partial charge in [-0.05, 0) is 18.2 Å². The molecule has 0 spiro atoms. The zero-order valence-corrected chi connectivity index (χ0v) is 7.10. The number of nitrogens with zero attached hydrogens (tertiary/aromatic N) is 1. The predicted molar refractivity (Wildman–Crippen MR) is 48.4 cm³/mol. The Bertz CT molecular complexity index is 404. The lowest BCUT2D eigenvalue weighted by molar-refractivity contribution is -0.131. The first-order valence-electron chi connectivity index (χ1n) is 3.68. The highest BCUT2D eigenvalue weighted by Crippen LogP contribution is 1.93. The molecule has 1 N–H and O–H groups in total. The third kappa shape index (κ3) is 2.30. The molecule has 0 aliphatic rings. The summed E-state index contributed by atoms with van der Waals surface area (Å²) < 4.78 is 1.39. The van der Waals surface area contributed by atoms with Crippen LogP contribution in [0.25, 0.3) is 6.08 Å². The van der Waals surface area contributed by atoms with Gasteiger partial charge in [-0.25, -0.2) is 4.79 Å². The van der Waals surface area contributed by atoms with Gasteiger partial charge < -0.3 is 9.67 Å². The lowest BCUT2D eigenvalue weighted by Gasteiger charge is -1.96. The van der Waals surface area contributed by atoms with Crippen LogP contribution in [0.5, 0.6) is 0 Å². The van der Waals surface area contributed by atoms with Gasteiger partial charge in [0.25, 0.3) is 5.56 Å². The molecule has 0 amide bonds. The minimum absolute atomic E-state index is 0.208. The first-order chi connectivity index (χ1) is 6.11. The third-order valence-electron chi connectivity index (χ3n) is 1.56. The number of hydrogen-bond acceptors (Lipinski definition) is 2. The monoisotopic (exact) mass is 179 g/mol. The van der Waals surface area contributed by atoms with E-state index in [9.17, 15) is 9.59 Å². The number of rotatable bonds is 2. The van der Waals surface area contributed by atoms with Gasteiger partial charge in [0.1, 0.15) is 0 Å². The van der Waals surface area contributed by atoms with E-state index in [1.54, 1.807) is 25.4 Å². The Kier molecular flexibility index (Phi) is 2.64. The van der Waals surface area contributed by atoms with Crippen molar-refractivity contribution in [1.29, 1.82) is 0 Å². The average molecular weight is 179 g/mol. The summed E-state index contributed by atoms with van der Waals surface area (Å²) in [6.07, 6.45) is 3.84. The van der Waals surface area contributed by atoms with E-state index in [0.717, 1.165) is 6.08 Å². The van der Waals surface area contributed by atoms with E-state index in [2.05, 4.69) is 0 Å². The van der Waals surface area contributed by atoms with E-state index in [4.69, 9.17) is 5.11 Å². The molecular formula is C9H9NO3. The van der Waals surface area contributed by atoms with Crippen molar-refractivity contribution < 1.29 is 9.90 Å². The molecule has 4 heteroatoms. The number of aryl methyl sites for hydroxylation is 1. The molecule has 0 aromatic carbocycles. The van der Waals surface area contributed by atoms with Crippen LogP contribution in [0.2, 0.25) is 0 Å². The fraction of sp³-hybridized carbons (Fsp3) is 0.111. The van der Waals surface area contributed by atoms with Gasteiger partial charge in [-0.3, -0.25) is 4.79 Å². The fourth-order valence-electron chi connectivity index (χ4n) is 0.906. The molecule has 0 unspecified atom stereocenters. The lowest BCUT2D eigenvalue weighted by Crippen LogP contribution is -2.17. The van der Waals surface area contributed by atoms with Gasteiger partial charge in [0, 0.05) is 24.9 Å². The fourth-order valence-corrected chi connectivity index (χ4v) is 0.906. The van der Waals surface area contributed by atoms with Crippen LogP contribution in [0.15, 0.2) is 29.2 Å². The summed E-state index contributed by atoms with van der Waals surface area (Å²) in [5.74, 6) is -1.06. The maximum absolute atomic E-state index is 11.3. The van der Waals surface area contributed by atoms with Crippen LogP contribution >= 0.6 is 0 Å². The molecule has 1 aromatic heterocycles. The summed E-state index contributed by atoms with van der Waals surface area (Å²) >= 11 is 0. The summed E-state index contributed by atoms with van der Waals surface area (Å²) in [4.78, 5) is 21.5. The molecule has 0 fully saturated rings. The van der Waals surface area contributed by atoms with Crippen molar-refractivity contribution in [2.75, 3.05) is 0 Å². The van der Waals surface area contributed by atoms with Crippen LogP contribution in [0.3, 0.4) is 0 Å². The summed E-state index contributed by atoms with van der Waals surface area (Å²) in [7, 11) is 1.61. The van der Waals surface area contributed by atoms with Gasteiger partial charge in [0.05, 0.1) is 0 Å². The van der Waals surface area contributed by atoms with Crippen molar-refractivity contribution in [1.82, 2.24) is 4.57 Å². The summed E-state index contributed by atoms with van der Waals surface area (Å²) in [6.45, 7) is 0. The van der Waals surface area contributed by atoms with Crippen molar-refractivity contribution in [2.24, 2.45) is 7.05 Å². The average Bonchev–Trinajstić information content (AvgIpc) is 2.07. The molecule has 1 rings (SSSR count). The molecule has 0 aliphatic heterocycles. The summed E-state index contributed by atoms with van der Waals surface area (Å²) in [6, 6.07) is 3.25. The molecule has 0 saturated carbocycles. The third-order valence-corrected chi connectivity index (χ3v) is 1.56. The molecule has 0 saturated heterocycles. The molecule has 0 atom stereocenters. The zero-order valence-electron chi connectivity index (χ0n) is 7.10. The topological polar surface area (TPSA) is 59.3 Å². The Morgan fingerprint density at radius 3 is 2.92 bits per heavy atom. The van der Waals surface area contributed by atoms with E-state index in [1.165, 1.54) is 10.6 Å². The first-order valence-corrected chi connectivity index (χ1v) is 3.68. The normalized spacial score (nSPS) is 10.5. The Morgan fingerprint density at radius 2 is 2.31 bits per heavy atom. The molecule has 4 nitrogen and oxygen atoms in total. The Hall–Kier alpha value is -1.84. The van der Waals surface area contributed by atoms with Gasteiger partial charge >= 0.3 is 5.97 Å². The van der Waals surface area contributed by atoms with Crippen LogP contribution < -0.4 is 5.56 Å². The maximum atomic E-state index is 11.3. The van der Waals surface area contributed by atoms with Gasteiger partial charge in [-0.15, -0.1) is 0 Å². The summed E-state index contributed by atoms with van der Waals surface area (Å²) in [5, 5.41) is 8.34. The highest BCUT2D eigenvalue weighted by Gasteiger charge is 1.96. The first kappa shape index (κ1) is 9.25. The standard InChI is InChI=1S/C9H9NO3/c1-10-6-2-3-7(9(10)13)4-5-8(11)12/h2-6H,1H3,(H,11,12)/b5-4+. The van der Waals surface area contributed by atoms with E-state index in [0.29, 0.717) is 5.56 Å². The van der Waals surface area contributed by atoms with Gasteiger partial charge in [0.2, 0.25) is 0 Å². The SMILES string of the molecule is Cn1cccc(/C=C/C(=O)O)c1=O. The molecule has 13 heavy (non-hydrogen) atoms. The van der Waals surface area contributed by atoms with Crippen LogP contribution in [0.1, 0.15) is 5.56 Å². The van der Waals surface area contributed by atoms with E-state index in [1.807, 2.05) is 0 Å². The van der Waals surface area contributed by atoms with Gasteiger partial charge in [-0.1, -0.05) is 0 Å². The second kappa shape index (κ2) is 3.71. The minimum atomic E-state index is -1.06. The zero-order chi connectivity index (χ0) is 9.84. The highest BCUT2D eigenvalue weighted by atomic mass is 16.4. The summed E-state index contributed by atoms with van der Waals surface area (Å²) in [5.41, 5.74) is 0.160. The number of aliphatic carboxylic acids is 1. The molecule has 1 heterocycles. The number of aromatic nitrogens is 1. The maximum Gasteiger partial charge on any atom is 0.328 e. The molecule has 1 aromatic rings. The number of carboxylic acid groups (broad SMARTS) is 1. The van der Waals surface area contributed by atoms with E-state index < -0.39 is 5.97 Å². The molecule has 0 radical (unpaired) electrons. The number of hydrogen-bond donors (Lipinski definition) is 1. The van der Waals surface area contributed by atoms with Crippen molar-refractivity contribution in [3.05, 3.63) is 40.3 Å². The Balaban J connectivity index is 3.10. The number of carbonyl (C=O) groups is 1. The highest BCUT2D eigenvalue weighted by molar-refractivity contribution is 5.85. The van der Waals surface area contributed by atoms with Crippen LogP contribution in [-0.4, -0.2) is 15.6 Å². The quantitative estimate of drug-likeness (QED) is 0.672. The van der Waals surface area contributed by atoms with E-state index >= 15 is 0 Å². The minimum Gasteiger partial charge on any atom is -0.478 e. The molecule has 68 valence electrons. The van der Waals surface area contributed by atoms with Gasteiger partial charge in [-0.2, -0.15) is 0 Å². The smallest absolute Gasteiger partial charge is 0.328 e. The van der Waals surface area contributed by atoms with Gasteiger partial charge in [0.15, 0.2) is 0 Å². The Labute approximate surface area is 74.7 Å². The lowest BCUT2D eigenvalue weighted by atomic mass is 10.2. The largest absolute Gasteiger partial charge is 0.478 e. The molecular weight excluding hydrogens is 170 g/mol. The molecule has 0 aliphatic carbocycles. The van der Waals surface area contributed by atoms with Crippen molar-refractivity contribution in [3.63, 3.8) is 0 Å². The number of carboxylic acids is 1. The second-order valence-electron chi connectivity index (χ2n) is 2.55.